The van der Waals surface area contributed by atoms with Crippen molar-refractivity contribution in [2.45, 2.75) is 19.8 Å². The first kappa shape index (κ1) is 16.0. The van der Waals surface area contributed by atoms with Crippen LogP contribution in [0.4, 0.5) is 0 Å². The summed E-state index contributed by atoms with van der Waals surface area (Å²) in [6.07, 6.45) is 1.15. The number of hydrogen-bond acceptors (Lipinski definition) is 4. The van der Waals surface area contributed by atoms with Crippen LogP contribution in [-0.4, -0.2) is 38.7 Å². The Balaban J connectivity index is 2.61. The zero-order valence-corrected chi connectivity index (χ0v) is 12.3. The largest absolute Gasteiger partial charge is 0.497 e. The van der Waals surface area contributed by atoms with Gasteiger partial charge in [-0.05, 0) is 36.5 Å². The second-order valence-corrected chi connectivity index (χ2v) is 7.10. The van der Waals surface area contributed by atoms with E-state index >= 15 is 0 Å². The number of methoxy groups -OCH3 is 1. The topological polar surface area (TPSA) is 63.6 Å². The minimum Gasteiger partial charge on any atom is -0.497 e. The number of aliphatic hydroxyl groups is 1. The molecule has 5 heteroatoms. The van der Waals surface area contributed by atoms with Gasteiger partial charge in [0, 0.05) is 12.4 Å². The van der Waals surface area contributed by atoms with E-state index in [4.69, 9.17) is 4.74 Å². The quantitative estimate of drug-likeness (QED) is 0.789. The van der Waals surface area contributed by atoms with Crippen molar-refractivity contribution in [3.63, 3.8) is 0 Å². The van der Waals surface area contributed by atoms with Gasteiger partial charge in [-0.3, -0.25) is 0 Å². The van der Waals surface area contributed by atoms with Crippen LogP contribution in [0.25, 0.3) is 0 Å². The molecule has 0 saturated carbocycles. The second-order valence-electron chi connectivity index (χ2n) is 4.63. The fourth-order valence-electron chi connectivity index (χ4n) is 1.88. The Morgan fingerprint density at radius 1 is 1.37 bits per heavy atom. The van der Waals surface area contributed by atoms with Crippen LogP contribution in [0, 0.1) is 5.92 Å². The van der Waals surface area contributed by atoms with Gasteiger partial charge < -0.3 is 9.84 Å². The molecule has 0 spiro atoms. The van der Waals surface area contributed by atoms with Crippen molar-refractivity contribution in [2.24, 2.45) is 5.92 Å². The van der Waals surface area contributed by atoms with Gasteiger partial charge in [-0.15, -0.1) is 0 Å². The van der Waals surface area contributed by atoms with Crippen molar-refractivity contribution >= 4 is 9.84 Å². The summed E-state index contributed by atoms with van der Waals surface area (Å²) in [4.78, 5) is 0. The molecule has 0 fully saturated rings. The third-order valence-corrected chi connectivity index (χ3v) is 4.93. The summed E-state index contributed by atoms with van der Waals surface area (Å²) in [5, 5.41) is 9.36. The molecule has 1 aromatic carbocycles. The highest BCUT2D eigenvalue weighted by molar-refractivity contribution is 7.91. The van der Waals surface area contributed by atoms with Crippen molar-refractivity contribution in [1.82, 2.24) is 0 Å². The molecule has 0 bridgehead atoms. The number of ether oxygens (including phenoxy) is 1. The molecule has 1 aromatic rings. The Labute approximate surface area is 115 Å². The van der Waals surface area contributed by atoms with E-state index < -0.39 is 9.84 Å². The molecular formula is C14H22O4S. The highest BCUT2D eigenvalue weighted by atomic mass is 32.2. The predicted octanol–water partition coefficient (Wildman–Crippen LogP) is 1.67. The minimum absolute atomic E-state index is 0.00353. The Bertz CT molecular complexity index is 482. The summed E-state index contributed by atoms with van der Waals surface area (Å²) >= 11 is 0. The number of aliphatic hydroxyl groups excluding tert-OH is 1. The fraction of sp³-hybridized carbons (Fsp3) is 0.571. The summed E-state index contributed by atoms with van der Waals surface area (Å²) in [6, 6.07) is 7.63. The second kappa shape index (κ2) is 7.50. The molecule has 1 unspecified atom stereocenters. The van der Waals surface area contributed by atoms with Gasteiger partial charge in [0.05, 0.1) is 12.9 Å². The zero-order chi connectivity index (χ0) is 14.3. The molecule has 1 N–H and O–H groups in total. The molecule has 0 heterocycles. The molecule has 0 amide bonds. The van der Waals surface area contributed by atoms with Crippen molar-refractivity contribution < 1.29 is 18.3 Å². The van der Waals surface area contributed by atoms with Crippen molar-refractivity contribution in [3.8, 4) is 5.75 Å². The first-order valence-electron chi connectivity index (χ1n) is 6.45. The third-order valence-electron chi connectivity index (χ3n) is 3.19. The Morgan fingerprint density at radius 3 is 2.68 bits per heavy atom. The number of rotatable bonds is 8. The summed E-state index contributed by atoms with van der Waals surface area (Å²) in [5.41, 5.74) is 1.05. The van der Waals surface area contributed by atoms with Crippen molar-refractivity contribution in [2.75, 3.05) is 25.2 Å². The van der Waals surface area contributed by atoms with Crippen LogP contribution in [0.3, 0.4) is 0 Å². The van der Waals surface area contributed by atoms with Gasteiger partial charge in [-0.2, -0.15) is 0 Å². The lowest BCUT2D eigenvalue weighted by Gasteiger charge is -2.14. The molecule has 0 aromatic heterocycles. The van der Waals surface area contributed by atoms with Crippen LogP contribution >= 0.6 is 0 Å². The summed E-state index contributed by atoms with van der Waals surface area (Å²) in [7, 11) is -1.36. The molecule has 19 heavy (non-hydrogen) atoms. The maximum absolute atomic E-state index is 11.5. The maximum atomic E-state index is 11.5. The van der Waals surface area contributed by atoms with Crippen LogP contribution in [0.15, 0.2) is 24.3 Å². The fourth-order valence-corrected chi connectivity index (χ4v) is 2.86. The summed E-state index contributed by atoms with van der Waals surface area (Å²) in [5.74, 6) is 1.03. The van der Waals surface area contributed by atoms with E-state index in [-0.39, 0.29) is 24.0 Å². The SMILES string of the molecule is CCS(=O)(=O)CCC(CO)Cc1cccc(OC)c1. The first-order valence-corrected chi connectivity index (χ1v) is 8.27. The van der Waals surface area contributed by atoms with Gasteiger partial charge in [0.25, 0.3) is 0 Å². The van der Waals surface area contributed by atoms with Crippen LogP contribution in [0.1, 0.15) is 18.9 Å². The van der Waals surface area contributed by atoms with E-state index in [1.165, 1.54) is 0 Å². The molecule has 0 saturated heterocycles. The molecule has 0 aliphatic carbocycles. The van der Waals surface area contributed by atoms with E-state index in [2.05, 4.69) is 0 Å². The molecule has 0 radical (unpaired) electrons. The van der Waals surface area contributed by atoms with E-state index in [9.17, 15) is 13.5 Å². The predicted molar refractivity (Wildman–Crippen MR) is 76.2 cm³/mol. The molecule has 0 aliphatic heterocycles. The highest BCUT2D eigenvalue weighted by Gasteiger charge is 2.14. The van der Waals surface area contributed by atoms with Gasteiger partial charge in [-0.1, -0.05) is 19.1 Å². The van der Waals surface area contributed by atoms with Crippen LogP contribution in [-0.2, 0) is 16.3 Å². The lowest BCUT2D eigenvalue weighted by molar-refractivity contribution is 0.222. The van der Waals surface area contributed by atoms with E-state index in [0.717, 1.165) is 11.3 Å². The Hall–Kier alpha value is -1.07. The van der Waals surface area contributed by atoms with Crippen LogP contribution < -0.4 is 4.74 Å². The Morgan fingerprint density at radius 2 is 2.11 bits per heavy atom. The molecular weight excluding hydrogens is 264 g/mol. The molecule has 108 valence electrons. The van der Waals surface area contributed by atoms with Crippen LogP contribution in [0.2, 0.25) is 0 Å². The monoisotopic (exact) mass is 286 g/mol. The minimum atomic E-state index is -2.97. The van der Waals surface area contributed by atoms with Gasteiger partial charge in [-0.25, -0.2) is 8.42 Å². The normalized spacial score (nSPS) is 13.2. The summed E-state index contributed by atoms with van der Waals surface area (Å²) < 4.78 is 28.1. The zero-order valence-electron chi connectivity index (χ0n) is 11.5. The van der Waals surface area contributed by atoms with Crippen LogP contribution in [0.5, 0.6) is 5.75 Å². The third kappa shape index (κ3) is 5.61. The number of sulfone groups is 1. The molecule has 1 atom stereocenters. The van der Waals surface area contributed by atoms with Crippen molar-refractivity contribution in [1.29, 1.82) is 0 Å². The molecule has 1 rings (SSSR count). The van der Waals surface area contributed by atoms with E-state index in [0.29, 0.717) is 12.8 Å². The van der Waals surface area contributed by atoms with E-state index in [1.807, 2.05) is 24.3 Å². The summed E-state index contributed by atoms with van der Waals surface area (Å²) in [6.45, 7) is 1.64. The van der Waals surface area contributed by atoms with E-state index in [1.54, 1.807) is 14.0 Å². The van der Waals surface area contributed by atoms with Gasteiger partial charge in [0.15, 0.2) is 0 Å². The molecule has 4 nitrogen and oxygen atoms in total. The standard InChI is InChI=1S/C14H22O4S/c1-3-19(16,17)8-7-13(11-15)9-12-5-4-6-14(10-12)18-2/h4-6,10,13,15H,3,7-9,11H2,1-2H3. The number of hydrogen-bond donors (Lipinski definition) is 1. The lowest BCUT2D eigenvalue weighted by atomic mass is 9.97. The van der Waals surface area contributed by atoms with Crippen molar-refractivity contribution in [3.05, 3.63) is 29.8 Å². The smallest absolute Gasteiger partial charge is 0.150 e. The maximum Gasteiger partial charge on any atom is 0.150 e. The number of benzene rings is 1. The lowest BCUT2D eigenvalue weighted by Crippen LogP contribution is -2.17. The van der Waals surface area contributed by atoms with Gasteiger partial charge in [0.1, 0.15) is 15.6 Å². The first-order chi connectivity index (χ1) is 9.00. The van der Waals surface area contributed by atoms with Gasteiger partial charge in [0.2, 0.25) is 0 Å². The average molecular weight is 286 g/mol. The van der Waals surface area contributed by atoms with Gasteiger partial charge >= 0.3 is 0 Å². The Kier molecular flexibility index (Phi) is 6.31. The average Bonchev–Trinajstić information content (AvgIpc) is 2.43. The molecule has 0 aliphatic rings. The highest BCUT2D eigenvalue weighted by Crippen LogP contribution is 2.18.